The van der Waals surface area contributed by atoms with E-state index < -0.39 is 0 Å². The van der Waals surface area contributed by atoms with Crippen LogP contribution in [0, 0.1) is 0 Å². The maximum absolute atomic E-state index is 9.95. The minimum absolute atomic E-state index is 0.144. The monoisotopic (exact) mass is 143 g/mol. The smallest absolute Gasteiger partial charge is 0.243 e. The summed E-state index contributed by atoms with van der Waals surface area (Å²) in [5, 5.41) is 2.36. The third-order valence-corrected chi connectivity index (χ3v) is 0.432. The van der Waals surface area contributed by atoms with E-state index in [4.69, 9.17) is 0 Å². The van der Waals surface area contributed by atoms with E-state index in [-0.39, 0.29) is 11.7 Å². The number of hydrogen-bond acceptors (Lipinski definition) is 2. The number of ketones is 1. The zero-order valence-electron chi connectivity index (χ0n) is 6.60. The van der Waals surface area contributed by atoms with Crippen molar-refractivity contribution >= 4 is 11.7 Å². The first-order chi connectivity index (χ1) is 4.54. The molecular formula is C7H13NO2. The SMILES string of the molecule is C=CC(=O)NC.CC(C)=O. The summed E-state index contributed by atoms with van der Waals surface area (Å²) in [5.41, 5.74) is 0. The van der Waals surface area contributed by atoms with Gasteiger partial charge in [-0.25, -0.2) is 0 Å². The van der Waals surface area contributed by atoms with Crippen molar-refractivity contribution < 1.29 is 9.59 Å². The molecule has 0 aliphatic heterocycles. The van der Waals surface area contributed by atoms with Gasteiger partial charge in [-0.05, 0) is 19.9 Å². The molecule has 58 valence electrons. The first-order valence-corrected chi connectivity index (χ1v) is 2.86. The minimum Gasteiger partial charge on any atom is -0.356 e. The first kappa shape index (κ1) is 11.6. The van der Waals surface area contributed by atoms with Crippen LogP contribution in [0.2, 0.25) is 0 Å². The Balaban J connectivity index is 0. The van der Waals surface area contributed by atoms with E-state index in [0.717, 1.165) is 0 Å². The zero-order chi connectivity index (χ0) is 8.57. The molecule has 0 aliphatic rings. The Morgan fingerprint density at radius 2 is 1.70 bits per heavy atom. The molecule has 0 rings (SSSR count). The van der Waals surface area contributed by atoms with Crippen LogP contribution in [-0.2, 0) is 9.59 Å². The lowest BCUT2D eigenvalue weighted by Gasteiger charge is -1.82. The molecule has 0 fully saturated rings. The summed E-state index contributed by atoms with van der Waals surface area (Å²) in [6.45, 7) is 6.27. The Morgan fingerprint density at radius 1 is 1.40 bits per heavy atom. The predicted molar refractivity (Wildman–Crippen MR) is 40.6 cm³/mol. The van der Waals surface area contributed by atoms with Gasteiger partial charge in [0.25, 0.3) is 0 Å². The number of rotatable bonds is 1. The van der Waals surface area contributed by atoms with Crippen molar-refractivity contribution in [3.8, 4) is 0 Å². The second-order valence-electron chi connectivity index (χ2n) is 1.73. The van der Waals surface area contributed by atoms with Crippen molar-refractivity contribution in [1.82, 2.24) is 5.32 Å². The van der Waals surface area contributed by atoms with Crippen molar-refractivity contribution in [3.05, 3.63) is 12.7 Å². The summed E-state index contributed by atoms with van der Waals surface area (Å²) in [5.74, 6) is 0.0231. The molecular weight excluding hydrogens is 130 g/mol. The van der Waals surface area contributed by atoms with Crippen LogP contribution < -0.4 is 5.32 Å². The lowest BCUT2D eigenvalue weighted by Crippen LogP contribution is -2.13. The van der Waals surface area contributed by atoms with Gasteiger partial charge in [0.05, 0.1) is 0 Å². The van der Waals surface area contributed by atoms with Crippen LogP contribution in [-0.4, -0.2) is 18.7 Å². The molecule has 3 nitrogen and oxygen atoms in total. The van der Waals surface area contributed by atoms with Crippen LogP contribution in [0.1, 0.15) is 13.8 Å². The van der Waals surface area contributed by atoms with Gasteiger partial charge in [0.1, 0.15) is 5.78 Å². The van der Waals surface area contributed by atoms with Crippen LogP contribution in [0.25, 0.3) is 0 Å². The highest BCUT2D eigenvalue weighted by Crippen LogP contribution is 1.56. The fourth-order valence-electron chi connectivity index (χ4n) is 0.102. The van der Waals surface area contributed by atoms with Gasteiger partial charge in [-0.15, -0.1) is 0 Å². The maximum Gasteiger partial charge on any atom is 0.243 e. The zero-order valence-corrected chi connectivity index (χ0v) is 6.60. The Bertz CT molecular complexity index is 126. The number of nitrogens with one attached hydrogen (secondary N) is 1. The van der Waals surface area contributed by atoms with Gasteiger partial charge in [-0.3, -0.25) is 4.79 Å². The molecule has 0 saturated carbocycles. The van der Waals surface area contributed by atoms with E-state index in [1.54, 1.807) is 7.05 Å². The molecule has 0 unspecified atom stereocenters. The topological polar surface area (TPSA) is 46.2 Å². The molecule has 0 atom stereocenters. The number of Topliss-reactive ketones (excluding diaryl/α,β-unsaturated/α-hetero) is 1. The van der Waals surface area contributed by atoms with Gasteiger partial charge >= 0.3 is 0 Å². The van der Waals surface area contributed by atoms with Gasteiger partial charge in [-0.1, -0.05) is 6.58 Å². The first-order valence-electron chi connectivity index (χ1n) is 2.86. The van der Waals surface area contributed by atoms with Crippen LogP contribution in [0.3, 0.4) is 0 Å². The van der Waals surface area contributed by atoms with Gasteiger partial charge in [0, 0.05) is 7.05 Å². The largest absolute Gasteiger partial charge is 0.356 e. The fourth-order valence-corrected chi connectivity index (χ4v) is 0.102. The lowest BCUT2D eigenvalue weighted by atomic mass is 10.6. The molecule has 0 spiro atoms. The van der Waals surface area contributed by atoms with E-state index in [1.807, 2.05) is 0 Å². The van der Waals surface area contributed by atoms with E-state index in [9.17, 15) is 9.59 Å². The molecule has 0 radical (unpaired) electrons. The normalized spacial score (nSPS) is 6.70. The molecule has 0 aliphatic carbocycles. The number of carbonyl (C=O) groups is 2. The van der Waals surface area contributed by atoms with Gasteiger partial charge < -0.3 is 10.1 Å². The van der Waals surface area contributed by atoms with Gasteiger partial charge in [0.15, 0.2) is 0 Å². The summed E-state index contributed by atoms with van der Waals surface area (Å²) in [6, 6.07) is 0. The highest BCUT2D eigenvalue weighted by Gasteiger charge is 1.78. The van der Waals surface area contributed by atoms with Gasteiger partial charge in [0.2, 0.25) is 5.91 Å². The van der Waals surface area contributed by atoms with Crippen LogP contribution >= 0.6 is 0 Å². The molecule has 0 aromatic heterocycles. The molecule has 0 aromatic carbocycles. The third kappa shape index (κ3) is 28.7. The quantitative estimate of drug-likeness (QED) is 0.544. The molecule has 10 heavy (non-hydrogen) atoms. The molecule has 1 N–H and O–H groups in total. The van der Waals surface area contributed by atoms with Crippen molar-refractivity contribution in [2.75, 3.05) is 7.05 Å². The Labute approximate surface area is 61.1 Å². The average molecular weight is 143 g/mol. The summed E-state index contributed by atoms with van der Waals surface area (Å²) in [6.07, 6.45) is 1.22. The summed E-state index contributed by atoms with van der Waals surface area (Å²) >= 11 is 0. The standard InChI is InChI=1S/C4H7NO.C3H6O/c1-3-4(6)5-2;1-3(2)4/h3H,1H2,2H3,(H,5,6);1-2H3. The average Bonchev–Trinajstić information content (AvgIpc) is 1.85. The lowest BCUT2D eigenvalue weighted by molar-refractivity contribution is -0.116. The number of amides is 1. The number of hydrogen-bond donors (Lipinski definition) is 1. The highest BCUT2D eigenvalue weighted by molar-refractivity contribution is 5.86. The van der Waals surface area contributed by atoms with Crippen molar-refractivity contribution in [2.24, 2.45) is 0 Å². The molecule has 3 heteroatoms. The van der Waals surface area contributed by atoms with Gasteiger partial charge in [-0.2, -0.15) is 0 Å². The highest BCUT2D eigenvalue weighted by atomic mass is 16.1. The minimum atomic E-state index is -0.144. The van der Waals surface area contributed by atoms with Crippen LogP contribution in [0.5, 0.6) is 0 Å². The van der Waals surface area contributed by atoms with E-state index in [0.29, 0.717) is 0 Å². The number of likely N-dealkylation sites (N-methyl/N-ethyl adjacent to an activating group) is 1. The fraction of sp³-hybridized carbons (Fsp3) is 0.429. The van der Waals surface area contributed by atoms with E-state index in [2.05, 4.69) is 11.9 Å². The molecule has 1 amide bonds. The van der Waals surface area contributed by atoms with Crippen molar-refractivity contribution in [3.63, 3.8) is 0 Å². The Morgan fingerprint density at radius 3 is 1.70 bits per heavy atom. The number of carbonyl (C=O) groups excluding carboxylic acids is 2. The third-order valence-electron chi connectivity index (χ3n) is 0.432. The predicted octanol–water partition coefficient (Wildman–Crippen LogP) is 0.514. The molecule has 0 heterocycles. The van der Waals surface area contributed by atoms with E-state index >= 15 is 0 Å². The molecule has 0 bridgehead atoms. The van der Waals surface area contributed by atoms with Crippen LogP contribution in [0.4, 0.5) is 0 Å². The van der Waals surface area contributed by atoms with Crippen LogP contribution in [0.15, 0.2) is 12.7 Å². The van der Waals surface area contributed by atoms with Crippen molar-refractivity contribution in [1.29, 1.82) is 0 Å². The molecule has 0 aromatic rings. The second-order valence-corrected chi connectivity index (χ2v) is 1.73. The Kier molecular flexibility index (Phi) is 9.18. The van der Waals surface area contributed by atoms with Crippen molar-refractivity contribution in [2.45, 2.75) is 13.8 Å². The second kappa shape index (κ2) is 7.88. The summed E-state index contributed by atoms with van der Waals surface area (Å²) < 4.78 is 0. The Hall–Kier alpha value is -1.12. The van der Waals surface area contributed by atoms with E-state index in [1.165, 1.54) is 19.9 Å². The maximum atomic E-state index is 9.95. The molecule has 0 saturated heterocycles. The summed E-state index contributed by atoms with van der Waals surface area (Å²) in [4.78, 5) is 19.4. The summed E-state index contributed by atoms with van der Waals surface area (Å²) in [7, 11) is 1.56.